The largest absolute Gasteiger partial charge is 0.498 e. The first-order chi connectivity index (χ1) is 45.5. The fraction of sp³-hybridized carbons (Fsp3) is 0.515. The molecule has 11 aromatic heterocycles. The molecule has 2 unspecified atom stereocenters. The zero-order valence-electron chi connectivity index (χ0n) is 58.7. The molecule has 0 aliphatic carbocycles. The SMILES string of the molecule is C.C.C.CCOC(C)n1cc(-c2ncnc3c2ccn3COCC[Si](C)(C)C)cn1.CCOC(C)n1cc(B2OC(C)(C)C(C)(C)O2)cn1.C[Si](C)(C)CCOCn1ccc2c(-c3cn[nH]c3)ncnc21.C[Si](C)(C)CCOCn1ccc2c(Cl)ncnc21.Clc1ncnc2[nH]ccc12. The summed E-state index contributed by atoms with van der Waals surface area (Å²) in [4.78, 5) is 36.6. The van der Waals surface area contributed by atoms with Gasteiger partial charge in [0.05, 0.1) is 45.8 Å². The number of hydrogen-bond acceptors (Lipinski definition) is 18. The van der Waals surface area contributed by atoms with Gasteiger partial charge in [-0.3, -0.25) is 5.10 Å². The van der Waals surface area contributed by atoms with Crippen molar-refractivity contribution in [3.63, 3.8) is 0 Å². The second kappa shape index (κ2) is 37.2. The van der Waals surface area contributed by atoms with Crippen LogP contribution in [0.15, 0.2) is 112 Å². The van der Waals surface area contributed by atoms with Gasteiger partial charge in [0.2, 0.25) is 0 Å². The second-order valence-corrected chi connectivity index (χ2v) is 45.4. The normalized spacial score (nSPS) is 14.0. The highest BCUT2D eigenvalue weighted by Gasteiger charge is 2.52. The number of ether oxygens (including phenoxy) is 5. The Morgan fingerprint density at radius 3 is 1.40 bits per heavy atom. The third-order valence-corrected chi connectivity index (χ3v) is 21.7. The summed E-state index contributed by atoms with van der Waals surface area (Å²) in [5.41, 5.74) is 7.30. The van der Waals surface area contributed by atoms with Gasteiger partial charge in [-0.1, -0.05) is 104 Å². The third kappa shape index (κ3) is 23.3. The maximum atomic E-state index is 5.99. The minimum Gasteiger partial charge on any atom is -0.399 e. The lowest BCUT2D eigenvalue weighted by atomic mass is 9.82. The van der Waals surface area contributed by atoms with Crippen LogP contribution in [0.2, 0.25) is 87.4 Å². The van der Waals surface area contributed by atoms with Crippen LogP contribution in [0.3, 0.4) is 0 Å². The van der Waals surface area contributed by atoms with E-state index in [1.54, 1.807) is 35.9 Å². The van der Waals surface area contributed by atoms with Crippen LogP contribution in [0.25, 0.3) is 66.6 Å². The van der Waals surface area contributed by atoms with E-state index in [1.807, 2.05) is 141 Å². The van der Waals surface area contributed by atoms with E-state index in [1.165, 1.54) is 24.7 Å². The average Bonchev–Trinajstić information content (AvgIpc) is 1.64. The molecule has 2 N–H and O–H groups in total. The van der Waals surface area contributed by atoms with Gasteiger partial charge >= 0.3 is 7.12 Å². The highest BCUT2D eigenvalue weighted by Crippen LogP contribution is 2.37. The molecule has 0 bridgehead atoms. The Morgan fingerprint density at radius 1 is 0.525 bits per heavy atom. The van der Waals surface area contributed by atoms with Crippen LogP contribution in [-0.4, -0.2) is 164 Å². The number of halogens is 2. The van der Waals surface area contributed by atoms with Crippen molar-refractivity contribution in [3.8, 4) is 22.5 Å². The molecule has 2 atom stereocenters. The first-order valence-corrected chi connectivity index (χ1v) is 44.3. The molecule has 1 fully saturated rings. The topological polar surface area (TPSA) is 263 Å². The quantitative estimate of drug-likeness (QED) is 0.0323. The summed E-state index contributed by atoms with van der Waals surface area (Å²) >= 11 is 11.7. The fourth-order valence-electron chi connectivity index (χ4n) is 9.54. The molecule has 540 valence electrons. The van der Waals surface area contributed by atoms with Crippen molar-refractivity contribution < 1.29 is 33.0 Å². The van der Waals surface area contributed by atoms with Crippen molar-refractivity contribution in [2.75, 3.05) is 33.0 Å². The molecule has 1 saturated heterocycles. The van der Waals surface area contributed by atoms with Crippen LogP contribution in [0.1, 0.15) is 90.1 Å². The zero-order valence-corrected chi connectivity index (χ0v) is 63.2. The summed E-state index contributed by atoms with van der Waals surface area (Å²) in [6, 6.07) is 11.3. The molecular weight excluding hydrogens is 1350 g/mol. The fourth-order valence-corrected chi connectivity index (χ4v) is 12.2. The lowest BCUT2D eigenvalue weighted by molar-refractivity contribution is 0.00578. The Balaban J connectivity index is 0.000000227. The molecule has 11 aromatic rings. The Hall–Kier alpha value is -6.87. The minimum absolute atomic E-state index is 0. The Bertz CT molecular complexity index is 4160. The maximum absolute atomic E-state index is 5.99. The standard InChI is InChI=1S/C19H29N5O2Si.C15H21N5OSi.C13H23BN2O3.C12H18ClN3OSi.C6H4ClN3.3CH4/c1-6-26-15(2)24-12-16(11-22-24)18-17-7-8-23(19(17)21-13-20-18)14-25-9-10-27(3,4)5;1-22(2,3)7-6-21-11-20-5-4-13-14(12-8-18-19-9-12)16-10-17-15(13)20;1-7-17-10(2)16-9-11(8-15-16)14-18-12(3,4)13(5,6)19-14;1-18(2,3)7-6-17-9-16-5-4-10-11(13)14-8-15-12(10)16;7-5-4-1-2-8-6(4)10-3-9-5;;;/h7-8,11-13,15H,6,9-10,14H2,1-5H3;4-5,8-10H,6-7,11H2,1-3H3,(H,18,19);8-10H,7H2,1-6H3;4-5,8H,6-7,9H2,1-3H3;1-3H,(H,8,9,10);3*1H4. The van der Waals surface area contributed by atoms with Gasteiger partial charge in [0.25, 0.3) is 0 Å². The van der Waals surface area contributed by atoms with E-state index >= 15 is 0 Å². The second-order valence-electron chi connectivity index (χ2n) is 27.8. The molecule has 1 aliphatic rings. The lowest BCUT2D eigenvalue weighted by Gasteiger charge is -2.32. The number of aromatic nitrogens is 18. The van der Waals surface area contributed by atoms with Crippen LogP contribution in [0, 0.1) is 0 Å². The van der Waals surface area contributed by atoms with Gasteiger partial charge in [-0.2, -0.15) is 15.3 Å². The van der Waals surface area contributed by atoms with E-state index in [4.69, 9.17) is 56.2 Å². The number of H-pyrrole nitrogens is 2. The summed E-state index contributed by atoms with van der Waals surface area (Å²) in [5.74, 6) is 0. The molecule has 0 saturated carbocycles. The Labute approximate surface area is 598 Å². The van der Waals surface area contributed by atoms with E-state index in [0.717, 1.165) is 98.0 Å². The molecule has 99 heavy (non-hydrogen) atoms. The highest BCUT2D eigenvalue weighted by molar-refractivity contribution is 6.76. The third-order valence-electron chi connectivity index (χ3n) is 16.0. The van der Waals surface area contributed by atoms with Crippen LogP contribution >= 0.6 is 23.2 Å². The predicted molar refractivity (Wildman–Crippen MR) is 408 cm³/mol. The Morgan fingerprint density at radius 2 is 0.949 bits per heavy atom. The number of rotatable bonds is 24. The number of aromatic amines is 2. The molecule has 12 heterocycles. The van der Waals surface area contributed by atoms with Crippen molar-refractivity contribution >= 4 is 104 Å². The van der Waals surface area contributed by atoms with Crippen LogP contribution in [-0.2, 0) is 53.2 Å². The summed E-state index contributed by atoms with van der Waals surface area (Å²) in [6.07, 6.45) is 24.7. The predicted octanol–water partition coefficient (Wildman–Crippen LogP) is 15.9. The molecule has 0 aromatic carbocycles. The van der Waals surface area contributed by atoms with Crippen LogP contribution in [0.4, 0.5) is 0 Å². The van der Waals surface area contributed by atoms with Crippen molar-refractivity contribution in [1.29, 1.82) is 0 Å². The number of nitrogens with one attached hydrogen (secondary N) is 2. The zero-order chi connectivity index (χ0) is 69.4. The molecule has 25 nitrogen and oxygen atoms in total. The summed E-state index contributed by atoms with van der Waals surface area (Å²) in [6.45, 7) is 42.4. The van der Waals surface area contributed by atoms with E-state index < -0.39 is 24.2 Å². The van der Waals surface area contributed by atoms with Crippen molar-refractivity contribution in [3.05, 3.63) is 122 Å². The first kappa shape index (κ1) is 82.8. The number of hydrogen-bond donors (Lipinski definition) is 2. The molecule has 12 rings (SSSR count). The van der Waals surface area contributed by atoms with Crippen LogP contribution < -0.4 is 5.46 Å². The van der Waals surface area contributed by atoms with E-state index in [9.17, 15) is 0 Å². The monoisotopic (exact) mass is 1450 g/mol. The van der Waals surface area contributed by atoms with Gasteiger partial charge < -0.3 is 51.7 Å². The van der Waals surface area contributed by atoms with Gasteiger partial charge in [-0.05, 0) is 97.8 Å². The number of nitrogens with zero attached hydrogens (tertiary/aromatic N) is 16. The van der Waals surface area contributed by atoms with Crippen molar-refractivity contribution in [2.45, 2.75) is 199 Å². The highest BCUT2D eigenvalue weighted by atomic mass is 35.5. The number of fused-ring (bicyclic) bond motifs is 4. The molecule has 1 aliphatic heterocycles. The molecule has 0 spiro atoms. The van der Waals surface area contributed by atoms with Gasteiger partial charge in [0, 0.05) is 134 Å². The van der Waals surface area contributed by atoms with E-state index in [0.29, 0.717) is 43.7 Å². The molecule has 31 heteroatoms. The summed E-state index contributed by atoms with van der Waals surface area (Å²) < 4.78 is 50.0. The van der Waals surface area contributed by atoms with Crippen molar-refractivity contribution in [2.24, 2.45) is 0 Å². The smallest absolute Gasteiger partial charge is 0.399 e. The molecule has 0 radical (unpaired) electrons. The van der Waals surface area contributed by atoms with E-state index in [-0.39, 0.29) is 53.1 Å². The van der Waals surface area contributed by atoms with Crippen molar-refractivity contribution in [1.82, 2.24) is 88.3 Å². The summed E-state index contributed by atoms with van der Waals surface area (Å²) in [7, 11) is -3.52. The lowest BCUT2D eigenvalue weighted by Crippen LogP contribution is -2.41. The first-order valence-electron chi connectivity index (χ1n) is 32.4. The maximum Gasteiger partial charge on any atom is 0.498 e. The molecule has 0 amide bonds. The van der Waals surface area contributed by atoms with Gasteiger partial charge in [0.1, 0.15) is 90.9 Å². The van der Waals surface area contributed by atoms with Gasteiger partial charge in [-0.15, -0.1) is 0 Å². The Kier molecular flexibility index (Phi) is 31.1. The minimum atomic E-state index is -1.08. The average molecular weight is 1450 g/mol. The molecular formula is C68H107BCl2N18O7Si3. The van der Waals surface area contributed by atoms with Crippen LogP contribution in [0.5, 0.6) is 0 Å². The van der Waals surface area contributed by atoms with Gasteiger partial charge in [0.15, 0.2) is 0 Å². The summed E-state index contributed by atoms with van der Waals surface area (Å²) in [5, 5.41) is 20.2. The van der Waals surface area contributed by atoms with Gasteiger partial charge in [-0.25, -0.2) is 49.2 Å². The van der Waals surface area contributed by atoms with E-state index in [2.05, 4.69) is 124 Å².